The molecule has 0 saturated carbocycles. The highest BCUT2D eigenvalue weighted by molar-refractivity contribution is 6.31. The Morgan fingerprint density at radius 3 is 2.95 bits per heavy atom. The van der Waals surface area contributed by atoms with E-state index in [0.29, 0.717) is 23.7 Å². The fourth-order valence-corrected chi connectivity index (χ4v) is 2.27. The lowest BCUT2D eigenvalue weighted by molar-refractivity contribution is -0.0667. The van der Waals surface area contributed by atoms with Crippen molar-refractivity contribution in [3.63, 3.8) is 0 Å². The molecule has 1 aliphatic heterocycles. The second-order valence-electron chi connectivity index (χ2n) is 4.91. The molecule has 2 rings (SSSR count). The summed E-state index contributed by atoms with van der Waals surface area (Å²) in [5, 5.41) is 9.80. The van der Waals surface area contributed by atoms with E-state index in [9.17, 15) is 4.79 Å². The van der Waals surface area contributed by atoms with Crippen LogP contribution in [0, 0.1) is 6.92 Å². The van der Waals surface area contributed by atoms with Crippen LogP contribution in [0.25, 0.3) is 0 Å². The molecule has 0 unspecified atom stereocenters. The maximum Gasteiger partial charge on any atom is 0.254 e. The zero-order valence-corrected chi connectivity index (χ0v) is 11.9. The van der Waals surface area contributed by atoms with E-state index < -0.39 is 0 Å². The number of halogens is 1. The lowest BCUT2D eigenvalue weighted by Crippen LogP contribution is -2.52. The maximum absolute atomic E-state index is 12.5. The molecule has 4 nitrogen and oxygen atoms in total. The summed E-state index contributed by atoms with van der Waals surface area (Å²) in [6, 6.07) is 5.26. The molecule has 0 aromatic heterocycles. The van der Waals surface area contributed by atoms with Crippen molar-refractivity contribution in [3.05, 3.63) is 34.3 Å². The zero-order valence-electron chi connectivity index (χ0n) is 11.1. The van der Waals surface area contributed by atoms with Crippen molar-refractivity contribution >= 4 is 17.5 Å². The predicted molar refractivity (Wildman–Crippen MR) is 73.5 cm³/mol. The highest BCUT2D eigenvalue weighted by atomic mass is 35.5. The van der Waals surface area contributed by atoms with Crippen molar-refractivity contribution < 1.29 is 14.6 Å². The maximum atomic E-state index is 12.5. The minimum absolute atomic E-state index is 0.00582. The van der Waals surface area contributed by atoms with Crippen LogP contribution in [0.15, 0.2) is 18.2 Å². The first-order valence-electron chi connectivity index (χ1n) is 6.32. The van der Waals surface area contributed by atoms with Crippen LogP contribution in [0.4, 0.5) is 0 Å². The molecule has 1 heterocycles. The molecule has 19 heavy (non-hydrogen) atoms. The van der Waals surface area contributed by atoms with Gasteiger partial charge in [0.1, 0.15) is 0 Å². The first kappa shape index (κ1) is 14.3. The number of aliphatic hydroxyl groups is 1. The van der Waals surface area contributed by atoms with Gasteiger partial charge in [-0.25, -0.2) is 0 Å². The van der Waals surface area contributed by atoms with Crippen molar-refractivity contribution in [2.75, 3.05) is 19.8 Å². The lowest BCUT2D eigenvalue weighted by Gasteiger charge is -2.37. The van der Waals surface area contributed by atoms with E-state index in [1.807, 2.05) is 13.8 Å². The molecule has 1 fully saturated rings. The summed E-state index contributed by atoms with van der Waals surface area (Å²) in [7, 11) is 0. The lowest BCUT2D eigenvalue weighted by atomic mass is 10.1. The summed E-state index contributed by atoms with van der Waals surface area (Å²) in [6.45, 7) is 4.60. The van der Waals surface area contributed by atoms with Gasteiger partial charge in [0.2, 0.25) is 0 Å². The minimum Gasteiger partial charge on any atom is -0.394 e. The van der Waals surface area contributed by atoms with E-state index in [-0.39, 0.29) is 24.7 Å². The van der Waals surface area contributed by atoms with Gasteiger partial charge in [0, 0.05) is 17.1 Å². The van der Waals surface area contributed by atoms with Crippen LogP contribution in [-0.4, -0.2) is 47.8 Å². The summed E-state index contributed by atoms with van der Waals surface area (Å²) < 4.78 is 5.43. The first-order chi connectivity index (χ1) is 9.02. The number of ether oxygens (including phenoxy) is 1. The van der Waals surface area contributed by atoms with E-state index in [4.69, 9.17) is 21.4 Å². The average Bonchev–Trinajstić information content (AvgIpc) is 2.41. The SMILES string of the molecule is Cc1cc(C(=O)N2C[C@H](CO)OC[C@@H]2C)ccc1Cl. The Morgan fingerprint density at radius 1 is 1.58 bits per heavy atom. The van der Waals surface area contributed by atoms with Gasteiger partial charge in [-0.15, -0.1) is 0 Å². The zero-order chi connectivity index (χ0) is 14.0. The minimum atomic E-state index is -0.298. The van der Waals surface area contributed by atoms with E-state index in [0.717, 1.165) is 5.56 Å². The summed E-state index contributed by atoms with van der Waals surface area (Å²) >= 11 is 5.97. The smallest absolute Gasteiger partial charge is 0.254 e. The molecule has 1 saturated heterocycles. The molecular weight excluding hydrogens is 266 g/mol. The topological polar surface area (TPSA) is 49.8 Å². The van der Waals surface area contributed by atoms with E-state index in [1.165, 1.54) is 0 Å². The number of hydrogen-bond donors (Lipinski definition) is 1. The number of carbonyl (C=O) groups is 1. The molecule has 0 radical (unpaired) electrons. The third-order valence-corrected chi connectivity index (χ3v) is 3.80. The Kier molecular flexibility index (Phi) is 4.45. The number of rotatable bonds is 2. The number of aryl methyl sites for hydroxylation is 1. The molecule has 0 aliphatic carbocycles. The van der Waals surface area contributed by atoms with Gasteiger partial charge in [-0.05, 0) is 37.6 Å². The number of benzene rings is 1. The van der Waals surface area contributed by atoms with Gasteiger partial charge < -0.3 is 14.7 Å². The van der Waals surface area contributed by atoms with Crippen LogP contribution >= 0.6 is 11.6 Å². The van der Waals surface area contributed by atoms with Gasteiger partial charge in [0.05, 0.1) is 25.4 Å². The normalized spacial score (nSPS) is 23.5. The molecule has 1 aliphatic rings. The Morgan fingerprint density at radius 2 is 2.32 bits per heavy atom. The molecule has 1 aromatic rings. The highest BCUT2D eigenvalue weighted by Gasteiger charge is 2.29. The largest absolute Gasteiger partial charge is 0.394 e. The van der Waals surface area contributed by atoms with Gasteiger partial charge in [-0.3, -0.25) is 4.79 Å². The summed E-state index contributed by atoms with van der Waals surface area (Å²) in [4.78, 5) is 14.2. The van der Waals surface area contributed by atoms with Crippen LogP contribution in [0.1, 0.15) is 22.8 Å². The molecule has 2 atom stereocenters. The predicted octanol–water partition coefficient (Wildman–Crippen LogP) is 1.87. The van der Waals surface area contributed by atoms with Gasteiger partial charge in [-0.2, -0.15) is 0 Å². The third kappa shape index (κ3) is 3.08. The Hall–Kier alpha value is -1.10. The number of amides is 1. The van der Waals surface area contributed by atoms with Gasteiger partial charge in [0.15, 0.2) is 0 Å². The summed E-state index contributed by atoms with van der Waals surface area (Å²) in [5.41, 5.74) is 1.50. The molecule has 104 valence electrons. The van der Waals surface area contributed by atoms with Crippen molar-refractivity contribution in [2.24, 2.45) is 0 Å². The van der Waals surface area contributed by atoms with Crippen LogP contribution < -0.4 is 0 Å². The first-order valence-corrected chi connectivity index (χ1v) is 6.70. The van der Waals surface area contributed by atoms with E-state index >= 15 is 0 Å². The van der Waals surface area contributed by atoms with E-state index in [2.05, 4.69) is 0 Å². The quantitative estimate of drug-likeness (QED) is 0.901. The van der Waals surface area contributed by atoms with Crippen molar-refractivity contribution in [1.29, 1.82) is 0 Å². The second-order valence-corrected chi connectivity index (χ2v) is 5.32. The Balaban J connectivity index is 2.19. The van der Waals surface area contributed by atoms with Crippen LogP contribution in [-0.2, 0) is 4.74 Å². The highest BCUT2D eigenvalue weighted by Crippen LogP contribution is 2.20. The van der Waals surface area contributed by atoms with Crippen molar-refractivity contribution in [3.8, 4) is 0 Å². The van der Waals surface area contributed by atoms with Crippen molar-refractivity contribution in [2.45, 2.75) is 26.0 Å². The molecule has 1 N–H and O–H groups in total. The number of nitrogens with zero attached hydrogens (tertiary/aromatic N) is 1. The van der Waals surface area contributed by atoms with Crippen LogP contribution in [0.2, 0.25) is 5.02 Å². The standard InChI is InChI=1S/C14H18ClNO3/c1-9-5-11(3-4-13(9)15)14(18)16-6-12(7-17)19-8-10(16)2/h3-5,10,12,17H,6-8H2,1-2H3/t10-,12+/m0/s1. The number of hydrogen-bond acceptors (Lipinski definition) is 3. The van der Waals surface area contributed by atoms with Gasteiger partial charge in [-0.1, -0.05) is 11.6 Å². The fourth-order valence-electron chi connectivity index (χ4n) is 2.15. The molecule has 1 aromatic carbocycles. The Bertz CT molecular complexity index is 478. The van der Waals surface area contributed by atoms with Crippen molar-refractivity contribution in [1.82, 2.24) is 4.90 Å². The average molecular weight is 284 g/mol. The number of carbonyl (C=O) groups excluding carboxylic acids is 1. The third-order valence-electron chi connectivity index (χ3n) is 3.37. The van der Waals surface area contributed by atoms with Crippen LogP contribution in [0.3, 0.4) is 0 Å². The van der Waals surface area contributed by atoms with Crippen LogP contribution in [0.5, 0.6) is 0 Å². The summed E-state index contributed by atoms with van der Waals surface area (Å²) in [5.74, 6) is -0.0472. The van der Waals surface area contributed by atoms with Gasteiger partial charge >= 0.3 is 0 Å². The molecule has 0 bridgehead atoms. The summed E-state index contributed by atoms with van der Waals surface area (Å²) in [6.07, 6.45) is -0.298. The molecule has 1 amide bonds. The molecule has 0 spiro atoms. The number of aliphatic hydroxyl groups excluding tert-OH is 1. The fraction of sp³-hybridized carbons (Fsp3) is 0.500. The monoisotopic (exact) mass is 283 g/mol. The molecule has 5 heteroatoms. The second kappa shape index (κ2) is 5.90. The van der Waals surface area contributed by atoms with E-state index in [1.54, 1.807) is 23.1 Å². The van der Waals surface area contributed by atoms with Gasteiger partial charge in [0.25, 0.3) is 5.91 Å². The molecular formula is C14H18ClNO3. The Labute approximate surface area is 117 Å². The number of morpholine rings is 1.